The topological polar surface area (TPSA) is 82.9 Å². The first-order chi connectivity index (χ1) is 7.97. The largest absolute Gasteiger partial charge is 0.224 e. The molecule has 0 aliphatic rings. The summed E-state index contributed by atoms with van der Waals surface area (Å²) in [5.74, 6) is -0.840. The summed E-state index contributed by atoms with van der Waals surface area (Å²) in [5, 5.41) is 3.00. The minimum atomic E-state index is -3.51. The standard InChI is InChI=1S/C9H9ClFN3O2S/c10-8-6-7(2-3-9(8)11)17(15,16)5-1-4-13-14-12/h2-3,6H,1,4-5H2. The number of hydrogen-bond acceptors (Lipinski definition) is 3. The Balaban J connectivity index is 2.82. The Morgan fingerprint density at radius 2 is 2.18 bits per heavy atom. The number of azide groups is 1. The highest BCUT2D eigenvalue weighted by Crippen LogP contribution is 2.20. The molecular weight excluding hydrogens is 269 g/mol. The summed E-state index contributed by atoms with van der Waals surface area (Å²) in [6.07, 6.45) is 0.210. The number of hydrogen-bond donors (Lipinski definition) is 0. The van der Waals surface area contributed by atoms with E-state index in [9.17, 15) is 12.8 Å². The van der Waals surface area contributed by atoms with Crippen molar-refractivity contribution in [1.82, 2.24) is 0 Å². The van der Waals surface area contributed by atoms with Gasteiger partial charge >= 0.3 is 0 Å². The highest BCUT2D eigenvalue weighted by atomic mass is 35.5. The molecular formula is C9H9ClFN3O2S. The van der Waals surface area contributed by atoms with Crippen molar-refractivity contribution >= 4 is 21.4 Å². The Morgan fingerprint density at radius 3 is 2.76 bits per heavy atom. The Bertz CT molecular complexity index is 555. The Hall–Kier alpha value is -1.30. The fourth-order valence-corrected chi connectivity index (χ4v) is 2.72. The summed E-state index contributed by atoms with van der Waals surface area (Å²) in [5.41, 5.74) is 8.03. The SMILES string of the molecule is [N-]=[N+]=NCCCS(=O)(=O)c1ccc(F)c(Cl)c1. The first-order valence-electron chi connectivity index (χ1n) is 4.66. The van der Waals surface area contributed by atoms with Crippen molar-refractivity contribution in [2.45, 2.75) is 11.3 Å². The molecule has 0 bridgehead atoms. The summed E-state index contributed by atoms with van der Waals surface area (Å²) >= 11 is 5.50. The quantitative estimate of drug-likeness (QED) is 0.272. The molecule has 1 aromatic rings. The summed E-state index contributed by atoms with van der Waals surface area (Å²) in [6.45, 7) is 0.102. The average molecular weight is 278 g/mol. The molecule has 0 aliphatic carbocycles. The van der Waals surface area contributed by atoms with Gasteiger partial charge in [-0.25, -0.2) is 12.8 Å². The highest BCUT2D eigenvalue weighted by molar-refractivity contribution is 7.91. The molecule has 17 heavy (non-hydrogen) atoms. The molecule has 0 amide bonds. The van der Waals surface area contributed by atoms with Crippen LogP contribution in [0.3, 0.4) is 0 Å². The lowest BCUT2D eigenvalue weighted by Gasteiger charge is -2.04. The van der Waals surface area contributed by atoms with Crippen LogP contribution in [0, 0.1) is 5.82 Å². The molecule has 0 fully saturated rings. The maximum Gasteiger partial charge on any atom is 0.178 e. The molecule has 1 aromatic carbocycles. The molecule has 0 saturated heterocycles. The van der Waals surface area contributed by atoms with Crippen molar-refractivity contribution in [2.75, 3.05) is 12.3 Å². The monoisotopic (exact) mass is 277 g/mol. The van der Waals surface area contributed by atoms with Crippen LogP contribution in [0.5, 0.6) is 0 Å². The van der Waals surface area contributed by atoms with Crippen LogP contribution >= 0.6 is 11.6 Å². The number of rotatable bonds is 5. The van der Waals surface area contributed by atoms with E-state index >= 15 is 0 Å². The second-order valence-electron chi connectivity index (χ2n) is 3.20. The summed E-state index contributed by atoms with van der Waals surface area (Å²) < 4.78 is 36.3. The molecule has 0 spiro atoms. The zero-order valence-corrected chi connectivity index (χ0v) is 10.2. The fraction of sp³-hybridized carbons (Fsp3) is 0.333. The van der Waals surface area contributed by atoms with Gasteiger partial charge in [0.05, 0.1) is 15.7 Å². The number of benzene rings is 1. The van der Waals surface area contributed by atoms with Crippen molar-refractivity contribution in [1.29, 1.82) is 0 Å². The number of nitrogens with zero attached hydrogens (tertiary/aromatic N) is 3. The molecule has 0 aliphatic heterocycles. The van der Waals surface area contributed by atoms with Gasteiger partial charge in [-0.05, 0) is 30.2 Å². The van der Waals surface area contributed by atoms with Crippen molar-refractivity contribution in [3.63, 3.8) is 0 Å². The van der Waals surface area contributed by atoms with E-state index in [1.807, 2.05) is 0 Å². The summed E-state index contributed by atoms with van der Waals surface area (Å²) in [7, 11) is -3.51. The second-order valence-corrected chi connectivity index (χ2v) is 5.72. The van der Waals surface area contributed by atoms with Gasteiger partial charge in [-0.1, -0.05) is 16.7 Å². The molecule has 8 heteroatoms. The third kappa shape index (κ3) is 3.89. The Morgan fingerprint density at radius 1 is 1.47 bits per heavy atom. The van der Waals surface area contributed by atoms with Crippen LogP contribution in [0.25, 0.3) is 10.4 Å². The van der Waals surface area contributed by atoms with Gasteiger partial charge in [-0.15, -0.1) is 0 Å². The zero-order chi connectivity index (χ0) is 12.9. The molecule has 92 valence electrons. The lowest BCUT2D eigenvalue weighted by molar-refractivity contribution is 0.592. The van der Waals surface area contributed by atoms with E-state index in [0.29, 0.717) is 0 Å². The third-order valence-electron chi connectivity index (χ3n) is 1.98. The first-order valence-corrected chi connectivity index (χ1v) is 6.69. The smallest absolute Gasteiger partial charge is 0.178 e. The lowest BCUT2D eigenvalue weighted by Crippen LogP contribution is -2.08. The number of sulfone groups is 1. The van der Waals surface area contributed by atoms with Crippen LogP contribution in [-0.4, -0.2) is 20.7 Å². The van der Waals surface area contributed by atoms with E-state index < -0.39 is 15.7 Å². The summed E-state index contributed by atoms with van der Waals surface area (Å²) in [6, 6.07) is 3.23. The van der Waals surface area contributed by atoms with Gasteiger partial charge in [0.25, 0.3) is 0 Å². The van der Waals surface area contributed by atoms with Crippen molar-refractivity contribution in [3.05, 3.63) is 39.5 Å². The maximum atomic E-state index is 12.9. The van der Waals surface area contributed by atoms with Crippen LogP contribution in [-0.2, 0) is 9.84 Å². The van der Waals surface area contributed by atoms with Gasteiger partial charge < -0.3 is 0 Å². The molecule has 0 radical (unpaired) electrons. The van der Waals surface area contributed by atoms with Crippen LogP contribution in [0.1, 0.15) is 6.42 Å². The van der Waals surface area contributed by atoms with Crippen LogP contribution in [0.2, 0.25) is 5.02 Å². The third-order valence-corrected chi connectivity index (χ3v) is 4.07. The molecule has 1 rings (SSSR count). The maximum absolute atomic E-state index is 12.9. The fourth-order valence-electron chi connectivity index (χ4n) is 1.16. The van der Waals surface area contributed by atoms with Gasteiger partial charge in [0.15, 0.2) is 9.84 Å². The van der Waals surface area contributed by atoms with Gasteiger partial charge in [-0.2, -0.15) is 0 Å². The van der Waals surface area contributed by atoms with Gasteiger partial charge in [0.2, 0.25) is 0 Å². The van der Waals surface area contributed by atoms with Crippen LogP contribution < -0.4 is 0 Å². The molecule has 0 atom stereocenters. The molecule has 0 aromatic heterocycles. The van der Waals surface area contributed by atoms with Crippen LogP contribution in [0.4, 0.5) is 4.39 Å². The van der Waals surface area contributed by atoms with E-state index in [2.05, 4.69) is 10.0 Å². The molecule has 0 saturated carbocycles. The molecule has 0 heterocycles. The molecule has 0 unspecified atom stereocenters. The predicted octanol–water partition coefficient (Wildman–Crippen LogP) is 2.95. The first kappa shape index (κ1) is 13.8. The molecule has 0 N–H and O–H groups in total. The Kier molecular flexibility index (Phi) is 4.74. The second kappa shape index (κ2) is 5.86. The lowest BCUT2D eigenvalue weighted by atomic mass is 10.3. The zero-order valence-electron chi connectivity index (χ0n) is 8.68. The highest BCUT2D eigenvalue weighted by Gasteiger charge is 2.15. The van der Waals surface area contributed by atoms with Crippen molar-refractivity contribution in [2.24, 2.45) is 5.11 Å². The van der Waals surface area contributed by atoms with E-state index in [0.717, 1.165) is 18.2 Å². The number of halogens is 2. The molecule has 5 nitrogen and oxygen atoms in total. The minimum absolute atomic E-state index is 0.0372. The normalized spacial score (nSPS) is 10.9. The predicted molar refractivity (Wildman–Crippen MR) is 62.1 cm³/mol. The summed E-state index contributed by atoms with van der Waals surface area (Å²) in [4.78, 5) is 2.48. The van der Waals surface area contributed by atoms with Crippen molar-refractivity contribution < 1.29 is 12.8 Å². The van der Waals surface area contributed by atoms with Gasteiger partial charge in [-0.3, -0.25) is 0 Å². The van der Waals surface area contributed by atoms with E-state index in [1.165, 1.54) is 0 Å². The average Bonchev–Trinajstić information content (AvgIpc) is 2.28. The Labute approximate surface area is 103 Å². The van der Waals surface area contributed by atoms with E-state index in [4.69, 9.17) is 17.1 Å². The minimum Gasteiger partial charge on any atom is -0.224 e. The van der Waals surface area contributed by atoms with Gasteiger partial charge in [0.1, 0.15) is 5.82 Å². The van der Waals surface area contributed by atoms with Crippen LogP contribution in [0.15, 0.2) is 28.2 Å². The van der Waals surface area contributed by atoms with E-state index in [-0.39, 0.29) is 28.6 Å². The van der Waals surface area contributed by atoms with Gasteiger partial charge in [0, 0.05) is 11.5 Å². The van der Waals surface area contributed by atoms with Crippen molar-refractivity contribution in [3.8, 4) is 0 Å². The van der Waals surface area contributed by atoms with E-state index in [1.54, 1.807) is 0 Å².